The molecule has 1 aliphatic carbocycles. The first-order chi connectivity index (χ1) is 15.9. The van der Waals surface area contributed by atoms with Crippen molar-refractivity contribution < 1.29 is 17.9 Å². The minimum atomic E-state index is -3.75. The van der Waals surface area contributed by atoms with E-state index >= 15 is 0 Å². The number of hydrogen-bond acceptors (Lipinski definition) is 5. The molecule has 2 aromatic rings. The predicted molar refractivity (Wildman–Crippen MR) is 128 cm³/mol. The van der Waals surface area contributed by atoms with Gasteiger partial charge in [-0.15, -0.1) is 0 Å². The van der Waals surface area contributed by atoms with Crippen LogP contribution in [0.4, 0.5) is 0 Å². The molecule has 1 heterocycles. The summed E-state index contributed by atoms with van der Waals surface area (Å²) in [5.74, 6) is 0.614. The van der Waals surface area contributed by atoms with E-state index in [0.29, 0.717) is 12.5 Å². The zero-order valence-corrected chi connectivity index (χ0v) is 20.2. The maximum Gasteiger partial charge on any atom is 0.251 e. The number of piperidine rings is 1. The third kappa shape index (κ3) is 6.13. The van der Waals surface area contributed by atoms with E-state index < -0.39 is 10.0 Å². The predicted octanol–water partition coefficient (Wildman–Crippen LogP) is 3.30. The third-order valence-electron chi connectivity index (χ3n) is 6.31. The maximum absolute atomic E-state index is 12.9. The molecule has 0 spiro atoms. The van der Waals surface area contributed by atoms with Crippen molar-refractivity contribution in [2.24, 2.45) is 5.92 Å². The van der Waals surface area contributed by atoms with Gasteiger partial charge in [0.15, 0.2) is 0 Å². The summed E-state index contributed by atoms with van der Waals surface area (Å²) in [5.41, 5.74) is 2.56. The molecule has 4 rings (SSSR count). The van der Waals surface area contributed by atoms with Crippen molar-refractivity contribution >= 4 is 15.9 Å². The van der Waals surface area contributed by atoms with Crippen LogP contribution in [0.15, 0.2) is 47.4 Å². The van der Waals surface area contributed by atoms with Crippen molar-refractivity contribution in [2.45, 2.75) is 56.6 Å². The van der Waals surface area contributed by atoms with E-state index in [-0.39, 0.29) is 28.2 Å². The normalized spacial score (nSPS) is 19.3. The van der Waals surface area contributed by atoms with Crippen molar-refractivity contribution in [3.8, 4) is 5.75 Å². The first-order valence-electron chi connectivity index (χ1n) is 11.6. The van der Waals surface area contributed by atoms with Crippen molar-refractivity contribution in [1.82, 2.24) is 14.9 Å². The highest BCUT2D eigenvalue weighted by molar-refractivity contribution is 7.89. The molecule has 0 radical (unpaired) electrons. The van der Waals surface area contributed by atoms with Gasteiger partial charge in [0, 0.05) is 31.2 Å². The van der Waals surface area contributed by atoms with Crippen LogP contribution < -0.4 is 14.8 Å². The number of benzene rings is 2. The van der Waals surface area contributed by atoms with Gasteiger partial charge in [-0.2, -0.15) is 0 Å². The van der Waals surface area contributed by atoms with Gasteiger partial charge >= 0.3 is 0 Å². The van der Waals surface area contributed by atoms with Crippen LogP contribution in [-0.4, -0.2) is 45.5 Å². The summed E-state index contributed by atoms with van der Waals surface area (Å²) in [4.78, 5) is 15.4. The Kier molecular flexibility index (Phi) is 7.36. The van der Waals surface area contributed by atoms with E-state index in [1.54, 1.807) is 6.07 Å². The van der Waals surface area contributed by atoms with Crippen molar-refractivity contribution in [1.29, 1.82) is 0 Å². The number of hydrogen-bond donors (Lipinski definition) is 2. The molecule has 1 saturated heterocycles. The second kappa shape index (κ2) is 10.2. The number of sulfonamides is 1. The fourth-order valence-electron chi connectivity index (χ4n) is 4.35. The molecule has 1 atom stereocenters. The summed E-state index contributed by atoms with van der Waals surface area (Å²) in [5, 5.41) is 2.96. The number of carbonyl (C=O) groups is 1. The Balaban J connectivity index is 1.45. The average Bonchev–Trinajstić information content (AvgIpc) is 3.61. The first-order valence-corrected chi connectivity index (χ1v) is 13.1. The van der Waals surface area contributed by atoms with E-state index in [4.69, 9.17) is 4.74 Å². The molecule has 1 unspecified atom stereocenters. The van der Waals surface area contributed by atoms with E-state index in [1.165, 1.54) is 37.6 Å². The number of nitrogens with one attached hydrogen (secondary N) is 2. The summed E-state index contributed by atoms with van der Waals surface area (Å²) in [6.45, 7) is 5.74. The van der Waals surface area contributed by atoms with Crippen LogP contribution in [0.1, 0.15) is 54.1 Å². The van der Waals surface area contributed by atoms with Gasteiger partial charge in [0.2, 0.25) is 10.0 Å². The van der Waals surface area contributed by atoms with Gasteiger partial charge < -0.3 is 10.1 Å². The number of likely N-dealkylation sites (tertiary alicyclic amines) is 1. The van der Waals surface area contributed by atoms with Crippen molar-refractivity contribution in [3.05, 3.63) is 59.2 Å². The SMILES string of the molecule is COc1ccc(C(=O)NCc2ccccc2CN2CCCC(C)C2)cc1S(=O)(=O)NC1CC1. The summed E-state index contributed by atoms with van der Waals surface area (Å²) in [6, 6.07) is 12.6. The summed E-state index contributed by atoms with van der Waals surface area (Å²) < 4.78 is 33.4. The van der Waals surface area contributed by atoms with Gasteiger partial charge in [0.25, 0.3) is 5.91 Å². The minimum absolute atomic E-state index is 0.0100. The number of nitrogens with zero attached hydrogens (tertiary/aromatic N) is 1. The second-order valence-electron chi connectivity index (χ2n) is 9.20. The van der Waals surface area contributed by atoms with Crippen molar-refractivity contribution in [3.63, 3.8) is 0 Å². The smallest absolute Gasteiger partial charge is 0.251 e. The Hall–Kier alpha value is -2.42. The lowest BCUT2D eigenvalue weighted by Crippen LogP contribution is -2.34. The van der Waals surface area contributed by atoms with Gasteiger partial charge in [-0.3, -0.25) is 9.69 Å². The molecular weight excluding hydrogens is 438 g/mol. The summed E-state index contributed by atoms with van der Waals surface area (Å²) in [7, 11) is -2.33. The quantitative estimate of drug-likeness (QED) is 0.586. The molecular formula is C25H33N3O4S. The second-order valence-corrected chi connectivity index (χ2v) is 10.9. The van der Waals surface area contributed by atoms with Crippen molar-refractivity contribution in [2.75, 3.05) is 20.2 Å². The fraction of sp³-hybridized carbons (Fsp3) is 0.480. The molecule has 1 amide bonds. The highest BCUT2D eigenvalue weighted by atomic mass is 32.2. The highest BCUT2D eigenvalue weighted by Crippen LogP contribution is 2.28. The molecule has 7 nitrogen and oxygen atoms in total. The highest BCUT2D eigenvalue weighted by Gasteiger charge is 2.30. The third-order valence-corrected chi connectivity index (χ3v) is 7.85. The van der Waals surface area contributed by atoms with Gasteiger partial charge in [-0.05, 0) is 67.5 Å². The topological polar surface area (TPSA) is 87.7 Å². The van der Waals surface area contributed by atoms with Crippen LogP contribution in [0.5, 0.6) is 5.75 Å². The fourth-order valence-corrected chi connectivity index (χ4v) is 5.84. The monoisotopic (exact) mass is 471 g/mol. The number of methoxy groups -OCH3 is 1. The van der Waals surface area contributed by atoms with E-state index in [2.05, 4.69) is 27.9 Å². The molecule has 2 aliphatic rings. The largest absolute Gasteiger partial charge is 0.495 e. The molecule has 2 aromatic carbocycles. The number of carbonyl (C=O) groups excluding carboxylic acids is 1. The zero-order valence-electron chi connectivity index (χ0n) is 19.3. The Morgan fingerprint density at radius 1 is 1.12 bits per heavy atom. The molecule has 1 aliphatic heterocycles. The van der Waals surface area contributed by atoms with E-state index in [0.717, 1.165) is 38.0 Å². The minimum Gasteiger partial charge on any atom is -0.495 e. The van der Waals surface area contributed by atoms with Crippen LogP contribution >= 0.6 is 0 Å². The van der Waals surface area contributed by atoms with Crippen LogP contribution in [0.25, 0.3) is 0 Å². The van der Waals surface area contributed by atoms with Crippen LogP contribution in [0.3, 0.4) is 0 Å². The zero-order chi connectivity index (χ0) is 23.4. The Labute approximate surface area is 196 Å². The molecule has 1 saturated carbocycles. The first kappa shape index (κ1) is 23.7. The molecule has 0 bridgehead atoms. The van der Waals surface area contributed by atoms with Crippen LogP contribution in [-0.2, 0) is 23.1 Å². The molecule has 33 heavy (non-hydrogen) atoms. The van der Waals surface area contributed by atoms with Gasteiger partial charge in [-0.25, -0.2) is 13.1 Å². The number of ether oxygens (including phenoxy) is 1. The molecule has 2 N–H and O–H groups in total. The summed E-state index contributed by atoms with van der Waals surface area (Å²) >= 11 is 0. The molecule has 178 valence electrons. The van der Waals surface area contributed by atoms with E-state index in [9.17, 15) is 13.2 Å². The lowest BCUT2D eigenvalue weighted by molar-refractivity contribution is 0.0950. The standard InChI is InChI=1S/C25H33N3O4S/c1-18-6-5-13-28(16-18)17-21-8-4-3-7-20(21)15-26-25(29)19-9-12-23(32-2)24(14-19)33(30,31)27-22-10-11-22/h3-4,7-9,12,14,18,22,27H,5-6,10-11,13,15-17H2,1-2H3,(H,26,29). The number of rotatable bonds is 9. The summed E-state index contributed by atoms with van der Waals surface area (Å²) in [6.07, 6.45) is 4.16. The van der Waals surface area contributed by atoms with Gasteiger partial charge in [-0.1, -0.05) is 31.2 Å². The molecule has 0 aromatic heterocycles. The Bertz CT molecular complexity index is 1100. The number of amides is 1. The lowest BCUT2D eigenvalue weighted by atomic mass is 9.99. The Morgan fingerprint density at radius 3 is 2.58 bits per heavy atom. The Morgan fingerprint density at radius 2 is 1.88 bits per heavy atom. The van der Waals surface area contributed by atoms with Crippen LogP contribution in [0.2, 0.25) is 0 Å². The lowest BCUT2D eigenvalue weighted by Gasteiger charge is -2.31. The van der Waals surface area contributed by atoms with E-state index in [1.807, 2.05) is 18.2 Å². The molecule has 8 heteroatoms. The average molecular weight is 472 g/mol. The maximum atomic E-state index is 12.9. The van der Waals surface area contributed by atoms with Crippen LogP contribution in [0, 0.1) is 5.92 Å². The molecule has 2 fully saturated rings. The van der Waals surface area contributed by atoms with Gasteiger partial charge in [0.05, 0.1) is 7.11 Å². The van der Waals surface area contributed by atoms with Gasteiger partial charge in [0.1, 0.15) is 10.6 Å².